The molecule has 0 radical (unpaired) electrons. The van der Waals surface area contributed by atoms with Gasteiger partial charge in [-0.1, -0.05) is 128 Å². The van der Waals surface area contributed by atoms with Crippen molar-refractivity contribution in [2.24, 2.45) is 11.8 Å². The number of ether oxygens (including phenoxy) is 3. The van der Waals surface area contributed by atoms with Gasteiger partial charge in [-0.25, -0.2) is 19.5 Å². The quantitative estimate of drug-likeness (QED) is 0.0836. The van der Waals surface area contributed by atoms with Gasteiger partial charge in [0.1, 0.15) is 36.0 Å². The molecule has 1 aromatic heterocycles. The number of morpholine rings is 1. The number of hydrogen-bond donors (Lipinski definition) is 3. The number of nitrogens with zero attached hydrogens (tertiary/aromatic N) is 3. The van der Waals surface area contributed by atoms with Crippen LogP contribution in [0.1, 0.15) is 85.5 Å². The molecule has 6 aromatic rings. The van der Waals surface area contributed by atoms with Gasteiger partial charge in [0, 0.05) is 5.56 Å². The third-order valence-corrected chi connectivity index (χ3v) is 15.0. The number of anilines is 2. The van der Waals surface area contributed by atoms with E-state index >= 15 is 19.2 Å². The second-order valence-corrected chi connectivity index (χ2v) is 19.7. The third-order valence-electron chi connectivity index (χ3n) is 14.1. The number of aromatic nitrogens is 1. The highest BCUT2D eigenvalue weighted by Gasteiger charge is 2.76. The average molecular weight is 984 g/mol. The molecule has 72 heavy (non-hydrogen) atoms. The van der Waals surface area contributed by atoms with Crippen molar-refractivity contribution in [3.8, 4) is 17.6 Å². The van der Waals surface area contributed by atoms with Crippen LogP contribution in [0.25, 0.3) is 10.2 Å². The molecule has 1 spiro atoms. The topological polar surface area (TPSA) is 177 Å². The first-order valence-electron chi connectivity index (χ1n) is 24.2. The van der Waals surface area contributed by atoms with Gasteiger partial charge in [0.25, 0.3) is 0 Å². The first kappa shape index (κ1) is 48.0. The smallest absolute Gasteiger partial charge is 0.329 e. The lowest BCUT2D eigenvalue weighted by atomic mass is 9.65. The predicted octanol–water partition coefficient (Wildman–Crippen LogP) is 8.73. The lowest BCUT2D eigenvalue weighted by molar-refractivity contribution is -0.177. The Morgan fingerprint density at radius 1 is 0.875 bits per heavy atom. The molecular formula is C57H53N5O9S. The Morgan fingerprint density at radius 2 is 1.61 bits per heavy atom. The number of esters is 2. The fourth-order valence-corrected chi connectivity index (χ4v) is 11.8. The standard InChI is InChI=1S/C57H53N5O9S/c1-34(2)46(52(65)69-3)59-56(68)61-43-29-28-36(27-26-35-16-7-4-8-17-35)32-41(43)57(54(61)67)45(51(64)60-55-58-42-24-13-14-25-44(42)72-55)48-53(66)71-49(38-20-11-6-12-21-38)47(37-18-9-5-10-19-37)62(48)50(57)39-22-15-23-40(33-39)70-31-30-63/h5-6,9-16,18-25,28-29,32-34,45-50,63H,4,7-8,17,30-31H2,1-3H3,(H,59,68)(H,58,60,64)/t45-,46-,47-,48-,49+,50+,57-/m0/s1. The third kappa shape index (κ3) is 8.59. The van der Waals surface area contributed by atoms with Crippen LogP contribution < -0.4 is 20.3 Å². The van der Waals surface area contributed by atoms with E-state index in [1.54, 1.807) is 50.2 Å². The monoisotopic (exact) mass is 983 g/mol. The molecule has 14 nitrogen and oxygen atoms in total. The summed E-state index contributed by atoms with van der Waals surface area (Å²) in [6.45, 7) is 3.17. The van der Waals surface area contributed by atoms with Crippen LogP contribution >= 0.6 is 11.3 Å². The Morgan fingerprint density at radius 3 is 2.32 bits per heavy atom. The van der Waals surface area contributed by atoms with Crippen molar-refractivity contribution in [3.63, 3.8) is 0 Å². The molecule has 4 aliphatic rings. The average Bonchev–Trinajstić information content (AvgIpc) is 4.05. The van der Waals surface area contributed by atoms with E-state index in [1.807, 2.05) is 95.9 Å². The number of allylic oxidation sites excluding steroid dienone is 2. The number of benzene rings is 5. The minimum atomic E-state index is -2.13. The van der Waals surface area contributed by atoms with E-state index in [1.165, 1.54) is 18.4 Å². The number of methoxy groups -OCH3 is 1. The summed E-state index contributed by atoms with van der Waals surface area (Å²) in [6.07, 6.45) is 4.98. The number of carbonyl (C=O) groups is 5. The normalized spacial score (nSPS) is 22.8. The van der Waals surface area contributed by atoms with Crippen molar-refractivity contribution in [1.82, 2.24) is 15.2 Å². The van der Waals surface area contributed by atoms with Crippen molar-refractivity contribution in [2.75, 3.05) is 30.5 Å². The number of hydrogen-bond acceptors (Lipinski definition) is 12. The molecule has 4 amide bonds. The first-order chi connectivity index (χ1) is 35.0. The zero-order valence-corrected chi connectivity index (χ0v) is 40.8. The summed E-state index contributed by atoms with van der Waals surface area (Å²) in [5.41, 5.74) is 2.24. The number of carbonyl (C=O) groups excluding carboxylic acids is 5. The van der Waals surface area contributed by atoms with E-state index in [9.17, 15) is 9.90 Å². The SMILES string of the molecule is COC(=O)[C@@H](NC(=O)N1C(=O)[C@@]2(c3cc(C#CC4=CCCCC4)ccc31)[C@H](C(=O)Nc1nc3ccccc3s1)[C@H]1C(=O)O[C@H](c3ccccc3)[C@H](c3ccccc3)N1[C@@H]2c1cccc(OCCO)c1)C(C)C. The van der Waals surface area contributed by atoms with E-state index < -0.39 is 77.3 Å². The maximum Gasteiger partial charge on any atom is 0.329 e. The Labute approximate surface area is 421 Å². The molecule has 0 bridgehead atoms. The number of imide groups is 1. The summed E-state index contributed by atoms with van der Waals surface area (Å²) >= 11 is 1.24. The van der Waals surface area contributed by atoms with Crippen LogP contribution in [0.4, 0.5) is 15.6 Å². The van der Waals surface area contributed by atoms with E-state index in [2.05, 4.69) is 28.6 Å². The van der Waals surface area contributed by atoms with E-state index in [-0.39, 0.29) is 29.6 Å². The van der Waals surface area contributed by atoms with Gasteiger partial charge in [0.15, 0.2) is 5.13 Å². The number of nitrogens with one attached hydrogen (secondary N) is 2. The number of urea groups is 1. The summed E-state index contributed by atoms with van der Waals surface area (Å²) in [5, 5.41) is 15.9. The number of cyclic esters (lactones) is 1. The van der Waals surface area contributed by atoms with Crippen LogP contribution in [0.15, 0.2) is 139 Å². The molecule has 0 unspecified atom stereocenters. The lowest BCUT2D eigenvalue weighted by Crippen LogP contribution is -2.57. The van der Waals surface area contributed by atoms with Gasteiger partial charge in [-0.3, -0.25) is 19.3 Å². The summed E-state index contributed by atoms with van der Waals surface area (Å²) in [5.74, 6) is 1.91. The lowest BCUT2D eigenvalue weighted by Gasteiger charge is -2.46. The molecule has 2 saturated heterocycles. The molecule has 10 rings (SSSR count). The number of para-hydroxylation sites is 1. The fraction of sp³-hybridized carbons (Fsp3) is 0.298. The first-order valence-corrected chi connectivity index (χ1v) is 25.0. The van der Waals surface area contributed by atoms with E-state index in [0.717, 1.165) is 46.4 Å². The highest BCUT2D eigenvalue weighted by Crippen LogP contribution is 2.66. The summed E-state index contributed by atoms with van der Waals surface area (Å²) in [7, 11) is 1.22. The fourth-order valence-electron chi connectivity index (χ4n) is 11.0. The minimum Gasteiger partial charge on any atom is -0.491 e. The van der Waals surface area contributed by atoms with Crippen LogP contribution in [0.2, 0.25) is 0 Å². The van der Waals surface area contributed by atoms with E-state index in [0.29, 0.717) is 28.0 Å². The summed E-state index contributed by atoms with van der Waals surface area (Å²) in [6, 6.07) is 32.7. The van der Waals surface area contributed by atoms with Crippen LogP contribution in [-0.4, -0.2) is 77.2 Å². The van der Waals surface area contributed by atoms with Gasteiger partial charge >= 0.3 is 18.0 Å². The molecular weight excluding hydrogens is 931 g/mol. The molecule has 1 aliphatic carbocycles. The second kappa shape index (κ2) is 20.2. The van der Waals surface area contributed by atoms with Gasteiger partial charge in [-0.15, -0.1) is 0 Å². The minimum absolute atomic E-state index is 0.0424. The molecule has 4 heterocycles. The second-order valence-electron chi connectivity index (χ2n) is 18.7. The number of thiazole rings is 1. The van der Waals surface area contributed by atoms with Crippen LogP contribution in [0.3, 0.4) is 0 Å². The van der Waals surface area contributed by atoms with Crippen molar-refractivity contribution in [1.29, 1.82) is 0 Å². The van der Waals surface area contributed by atoms with Crippen LogP contribution in [-0.2, 0) is 34.1 Å². The molecule has 3 aliphatic heterocycles. The maximum atomic E-state index is 16.8. The van der Waals surface area contributed by atoms with Crippen molar-refractivity contribution in [2.45, 2.75) is 75.2 Å². The van der Waals surface area contributed by atoms with Crippen molar-refractivity contribution in [3.05, 3.63) is 167 Å². The zero-order chi connectivity index (χ0) is 50.1. The zero-order valence-electron chi connectivity index (χ0n) is 39.9. The highest BCUT2D eigenvalue weighted by molar-refractivity contribution is 7.22. The summed E-state index contributed by atoms with van der Waals surface area (Å²) in [4.78, 5) is 84.6. The van der Waals surface area contributed by atoms with Crippen molar-refractivity contribution >= 4 is 62.2 Å². The maximum absolute atomic E-state index is 16.8. The predicted molar refractivity (Wildman–Crippen MR) is 272 cm³/mol. The van der Waals surface area contributed by atoms with E-state index in [4.69, 9.17) is 19.2 Å². The van der Waals surface area contributed by atoms with Gasteiger partial charge in [0.2, 0.25) is 11.8 Å². The van der Waals surface area contributed by atoms with Gasteiger partial charge < -0.3 is 30.0 Å². The molecule has 7 atom stereocenters. The number of fused-ring (bicyclic) bond motifs is 4. The molecule has 2 fully saturated rings. The summed E-state index contributed by atoms with van der Waals surface area (Å²) < 4.78 is 18.6. The Kier molecular flexibility index (Phi) is 13.5. The van der Waals surface area contributed by atoms with Gasteiger partial charge in [-0.2, -0.15) is 0 Å². The molecule has 0 saturated carbocycles. The largest absolute Gasteiger partial charge is 0.491 e. The van der Waals surface area contributed by atoms with Crippen molar-refractivity contribution < 1.29 is 43.3 Å². The molecule has 5 aromatic carbocycles. The Hall–Kier alpha value is -7.64. The van der Waals surface area contributed by atoms with Crippen LogP contribution in [0, 0.1) is 23.7 Å². The van der Waals surface area contributed by atoms with Gasteiger partial charge in [0.05, 0.1) is 47.6 Å². The van der Waals surface area contributed by atoms with Crippen LogP contribution in [0.5, 0.6) is 5.75 Å². The molecule has 366 valence electrons. The number of rotatable bonds is 11. The Balaban J connectivity index is 1.28. The number of aliphatic hydroxyl groups excluding tert-OH is 1. The molecule has 15 heteroatoms. The number of aliphatic hydroxyl groups is 1. The highest BCUT2D eigenvalue weighted by atomic mass is 32.1. The molecule has 3 N–H and O–H groups in total. The number of amides is 4. The van der Waals surface area contributed by atoms with Gasteiger partial charge in [-0.05, 0) is 102 Å². The Bertz CT molecular complexity index is 3130.